The molecule has 1 saturated heterocycles. The molecular formula is C14H22N2O2S. The first-order valence-electron chi connectivity index (χ1n) is 6.81. The molecule has 106 valence electrons. The van der Waals surface area contributed by atoms with Gasteiger partial charge in [0.15, 0.2) is 9.84 Å². The van der Waals surface area contributed by atoms with Gasteiger partial charge in [-0.25, -0.2) is 8.42 Å². The van der Waals surface area contributed by atoms with Crippen molar-refractivity contribution in [3.63, 3.8) is 0 Å². The van der Waals surface area contributed by atoms with Gasteiger partial charge in [0, 0.05) is 11.7 Å². The molecule has 0 amide bonds. The summed E-state index contributed by atoms with van der Waals surface area (Å²) in [7, 11) is -3.22. The maximum absolute atomic E-state index is 12.3. The fourth-order valence-corrected chi connectivity index (χ4v) is 4.14. The van der Waals surface area contributed by atoms with E-state index in [1.165, 1.54) is 19.3 Å². The van der Waals surface area contributed by atoms with Crippen LogP contribution in [0.4, 0.5) is 5.69 Å². The molecule has 4 nitrogen and oxygen atoms in total. The fourth-order valence-electron chi connectivity index (χ4n) is 2.55. The molecule has 1 aromatic rings. The Morgan fingerprint density at radius 2 is 1.74 bits per heavy atom. The van der Waals surface area contributed by atoms with Crippen LogP contribution in [0.5, 0.6) is 0 Å². The summed E-state index contributed by atoms with van der Waals surface area (Å²) in [5.41, 5.74) is 6.17. The van der Waals surface area contributed by atoms with E-state index in [0.29, 0.717) is 10.6 Å². The third-order valence-electron chi connectivity index (χ3n) is 3.71. The second kappa shape index (κ2) is 5.92. The van der Waals surface area contributed by atoms with E-state index in [1.807, 2.05) is 6.92 Å². The smallest absolute Gasteiger partial charge is 0.179 e. The van der Waals surface area contributed by atoms with Crippen LogP contribution in [0.1, 0.15) is 26.2 Å². The van der Waals surface area contributed by atoms with Gasteiger partial charge in [0.2, 0.25) is 0 Å². The second-order valence-corrected chi connectivity index (χ2v) is 7.33. The maximum Gasteiger partial charge on any atom is 0.179 e. The normalized spacial score (nSPS) is 19.2. The van der Waals surface area contributed by atoms with Crippen LogP contribution in [0.3, 0.4) is 0 Å². The van der Waals surface area contributed by atoms with E-state index in [2.05, 4.69) is 4.90 Å². The van der Waals surface area contributed by atoms with E-state index < -0.39 is 9.84 Å². The lowest BCUT2D eigenvalue weighted by Gasteiger charge is -2.32. The van der Waals surface area contributed by atoms with Gasteiger partial charge in [-0.05, 0) is 57.1 Å². The summed E-state index contributed by atoms with van der Waals surface area (Å²) in [5.74, 6) is 0.177. The Morgan fingerprint density at radius 1 is 1.16 bits per heavy atom. The van der Waals surface area contributed by atoms with Crippen molar-refractivity contribution in [2.75, 3.05) is 24.6 Å². The third-order valence-corrected chi connectivity index (χ3v) is 5.63. The number of benzene rings is 1. The van der Waals surface area contributed by atoms with Crippen LogP contribution in [0, 0.1) is 0 Å². The monoisotopic (exact) mass is 282 g/mol. The number of sulfone groups is 1. The van der Waals surface area contributed by atoms with Crippen LogP contribution in [0.15, 0.2) is 29.2 Å². The molecule has 19 heavy (non-hydrogen) atoms. The lowest BCUT2D eigenvalue weighted by Crippen LogP contribution is -2.41. The largest absolute Gasteiger partial charge is 0.399 e. The van der Waals surface area contributed by atoms with Gasteiger partial charge in [0.25, 0.3) is 0 Å². The number of nitrogens with two attached hydrogens (primary N) is 1. The molecule has 0 radical (unpaired) electrons. The van der Waals surface area contributed by atoms with Gasteiger partial charge in [-0.3, -0.25) is 4.90 Å². The molecule has 0 bridgehead atoms. The molecule has 2 rings (SSSR count). The van der Waals surface area contributed by atoms with Crippen LogP contribution >= 0.6 is 0 Å². The minimum Gasteiger partial charge on any atom is -0.399 e. The number of nitrogens with zero attached hydrogens (tertiary/aromatic N) is 1. The molecule has 1 fully saturated rings. The lowest BCUT2D eigenvalue weighted by atomic mass is 10.1. The van der Waals surface area contributed by atoms with Crippen molar-refractivity contribution in [2.24, 2.45) is 0 Å². The first-order valence-corrected chi connectivity index (χ1v) is 8.46. The van der Waals surface area contributed by atoms with Crippen molar-refractivity contribution in [2.45, 2.75) is 37.1 Å². The molecule has 5 heteroatoms. The molecule has 0 aliphatic carbocycles. The highest BCUT2D eigenvalue weighted by Gasteiger charge is 2.23. The quantitative estimate of drug-likeness (QED) is 0.857. The zero-order chi connectivity index (χ0) is 13.9. The Bertz CT molecular complexity index is 505. The molecule has 1 aromatic carbocycles. The molecule has 0 spiro atoms. The molecule has 1 aliphatic heterocycles. The Hall–Kier alpha value is -1.07. The Morgan fingerprint density at radius 3 is 2.32 bits per heavy atom. The first-order chi connectivity index (χ1) is 8.99. The topological polar surface area (TPSA) is 63.4 Å². The van der Waals surface area contributed by atoms with E-state index in [9.17, 15) is 8.42 Å². The molecule has 1 atom stereocenters. The number of hydrogen-bond acceptors (Lipinski definition) is 4. The third kappa shape index (κ3) is 3.70. The number of likely N-dealkylation sites (tertiary alicyclic amines) is 1. The van der Waals surface area contributed by atoms with Crippen molar-refractivity contribution in [3.05, 3.63) is 24.3 Å². The van der Waals surface area contributed by atoms with Crippen molar-refractivity contribution in [3.8, 4) is 0 Å². The van der Waals surface area contributed by atoms with Gasteiger partial charge in [-0.2, -0.15) is 0 Å². The van der Waals surface area contributed by atoms with Crippen molar-refractivity contribution in [1.29, 1.82) is 0 Å². The van der Waals surface area contributed by atoms with Crippen molar-refractivity contribution in [1.82, 2.24) is 4.90 Å². The molecule has 1 aliphatic rings. The average Bonchev–Trinajstić information content (AvgIpc) is 2.40. The van der Waals surface area contributed by atoms with Gasteiger partial charge in [0.1, 0.15) is 0 Å². The fraction of sp³-hybridized carbons (Fsp3) is 0.571. The Kier molecular flexibility index (Phi) is 4.47. The van der Waals surface area contributed by atoms with Crippen LogP contribution in [0.25, 0.3) is 0 Å². The summed E-state index contributed by atoms with van der Waals surface area (Å²) < 4.78 is 24.7. The predicted octanol–water partition coefficient (Wildman–Crippen LogP) is 1.92. The molecule has 1 heterocycles. The van der Waals surface area contributed by atoms with E-state index in [1.54, 1.807) is 24.3 Å². The standard InChI is InChI=1S/C14H22N2O2S/c1-12(16-9-3-2-4-10-16)11-19(17,18)14-7-5-13(15)6-8-14/h5-8,12H,2-4,9-11,15H2,1H3/t12-/m1/s1. The number of nitrogen functional groups attached to an aromatic ring is 1. The summed E-state index contributed by atoms with van der Waals surface area (Å²) in [6, 6.07) is 6.53. The molecule has 0 aromatic heterocycles. The number of hydrogen-bond donors (Lipinski definition) is 1. The highest BCUT2D eigenvalue weighted by molar-refractivity contribution is 7.91. The minimum atomic E-state index is -3.22. The van der Waals surface area contributed by atoms with Crippen molar-refractivity contribution >= 4 is 15.5 Å². The van der Waals surface area contributed by atoms with Gasteiger partial charge in [0.05, 0.1) is 10.6 Å². The van der Waals surface area contributed by atoms with Crippen LogP contribution in [-0.2, 0) is 9.84 Å². The molecule has 0 unspecified atom stereocenters. The Balaban J connectivity index is 2.05. The van der Waals surface area contributed by atoms with Crippen LogP contribution < -0.4 is 5.73 Å². The molecular weight excluding hydrogens is 260 g/mol. The number of piperidine rings is 1. The summed E-state index contributed by atoms with van der Waals surface area (Å²) in [6.45, 7) is 4.02. The second-order valence-electron chi connectivity index (χ2n) is 5.30. The van der Waals surface area contributed by atoms with Gasteiger partial charge in [-0.15, -0.1) is 0 Å². The summed E-state index contributed by atoms with van der Waals surface area (Å²) in [5, 5.41) is 0. The van der Waals surface area contributed by atoms with Crippen LogP contribution in [0.2, 0.25) is 0 Å². The Labute approximate surface area is 115 Å². The van der Waals surface area contributed by atoms with E-state index in [4.69, 9.17) is 5.73 Å². The maximum atomic E-state index is 12.3. The summed E-state index contributed by atoms with van der Waals surface area (Å²) in [4.78, 5) is 2.64. The predicted molar refractivity (Wildman–Crippen MR) is 77.8 cm³/mol. The molecule has 0 saturated carbocycles. The zero-order valence-electron chi connectivity index (χ0n) is 11.4. The SMILES string of the molecule is C[C@H](CS(=O)(=O)c1ccc(N)cc1)N1CCCCC1. The average molecular weight is 282 g/mol. The van der Waals surface area contributed by atoms with E-state index in [-0.39, 0.29) is 11.8 Å². The van der Waals surface area contributed by atoms with E-state index in [0.717, 1.165) is 13.1 Å². The van der Waals surface area contributed by atoms with Gasteiger partial charge in [-0.1, -0.05) is 6.42 Å². The number of rotatable bonds is 4. The van der Waals surface area contributed by atoms with E-state index >= 15 is 0 Å². The molecule has 2 N–H and O–H groups in total. The zero-order valence-corrected chi connectivity index (χ0v) is 12.2. The van der Waals surface area contributed by atoms with Gasteiger partial charge >= 0.3 is 0 Å². The summed E-state index contributed by atoms with van der Waals surface area (Å²) in [6.07, 6.45) is 3.60. The highest BCUT2D eigenvalue weighted by Crippen LogP contribution is 2.18. The number of anilines is 1. The minimum absolute atomic E-state index is 0.0721. The highest BCUT2D eigenvalue weighted by atomic mass is 32.2. The first kappa shape index (κ1) is 14.3. The lowest BCUT2D eigenvalue weighted by molar-refractivity contribution is 0.186. The van der Waals surface area contributed by atoms with Crippen LogP contribution in [-0.4, -0.2) is 38.2 Å². The van der Waals surface area contributed by atoms with Gasteiger partial charge < -0.3 is 5.73 Å². The van der Waals surface area contributed by atoms with Crippen molar-refractivity contribution < 1.29 is 8.42 Å². The summed E-state index contributed by atoms with van der Waals surface area (Å²) >= 11 is 0.